The molecule has 0 radical (unpaired) electrons. The van der Waals surface area contributed by atoms with Gasteiger partial charge in [0.2, 0.25) is 5.91 Å². The average Bonchev–Trinajstić information content (AvgIpc) is 3.15. The van der Waals surface area contributed by atoms with Gasteiger partial charge in [-0.15, -0.1) is 11.3 Å². The molecule has 7 nitrogen and oxygen atoms in total. The van der Waals surface area contributed by atoms with Crippen LogP contribution in [0.1, 0.15) is 36.4 Å². The van der Waals surface area contributed by atoms with E-state index in [0.29, 0.717) is 16.6 Å². The van der Waals surface area contributed by atoms with Crippen LogP contribution in [0.3, 0.4) is 0 Å². The molecule has 2 aliphatic rings. The molecule has 28 heavy (non-hydrogen) atoms. The first kappa shape index (κ1) is 18.6. The molecular formula is C20H22N4O3S. The Bertz CT molecular complexity index is 942. The van der Waals surface area contributed by atoms with E-state index >= 15 is 0 Å². The molecule has 0 saturated carbocycles. The van der Waals surface area contributed by atoms with Crippen LogP contribution >= 0.6 is 11.3 Å². The number of fused-ring (bicyclic) bond motifs is 1. The quantitative estimate of drug-likeness (QED) is 0.775. The topological polar surface area (TPSA) is 91.4 Å². The van der Waals surface area contributed by atoms with E-state index in [4.69, 9.17) is 0 Å². The molecule has 0 unspecified atom stereocenters. The Kier molecular flexibility index (Phi) is 4.66. The number of nitrogens with zero attached hydrogens (tertiary/aromatic N) is 2. The van der Waals surface area contributed by atoms with E-state index in [1.54, 1.807) is 31.2 Å². The molecule has 4 amide bonds. The molecule has 2 heterocycles. The van der Waals surface area contributed by atoms with Crippen molar-refractivity contribution in [2.75, 3.05) is 11.9 Å². The summed E-state index contributed by atoms with van der Waals surface area (Å²) in [6.07, 6.45) is 3.00. The summed E-state index contributed by atoms with van der Waals surface area (Å²) < 4.78 is 0. The third-order valence-electron chi connectivity index (χ3n) is 5.36. The average molecular weight is 398 g/mol. The number of carbonyl (C=O) groups excluding carboxylic acids is 3. The zero-order valence-corrected chi connectivity index (χ0v) is 16.6. The van der Waals surface area contributed by atoms with Crippen molar-refractivity contribution in [1.82, 2.24) is 15.2 Å². The molecule has 1 fully saturated rings. The molecule has 2 aromatic rings. The number of amides is 4. The Labute approximate surface area is 167 Å². The number of aryl methyl sites for hydroxylation is 1. The molecule has 146 valence electrons. The Morgan fingerprint density at radius 1 is 1.36 bits per heavy atom. The Balaban J connectivity index is 1.45. The molecule has 4 rings (SSSR count). The maximum absolute atomic E-state index is 12.9. The van der Waals surface area contributed by atoms with Crippen molar-refractivity contribution in [3.63, 3.8) is 0 Å². The first-order chi connectivity index (χ1) is 13.4. The Hall–Kier alpha value is -2.74. The zero-order chi connectivity index (χ0) is 19.9. The second-order valence-corrected chi connectivity index (χ2v) is 8.68. The summed E-state index contributed by atoms with van der Waals surface area (Å²) in [6.45, 7) is 3.52. The van der Waals surface area contributed by atoms with Gasteiger partial charge in [-0.2, -0.15) is 0 Å². The molecular weight excluding hydrogens is 376 g/mol. The van der Waals surface area contributed by atoms with E-state index in [-0.39, 0.29) is 6.54 Å². The maximum atomic E-state index is 12.9. The van der Waals surface area contributed by atoms with Gasteiger partial charge < -0.3 is 10.6 Å². The number of thiazole rings is 1. The fourth-order valence-corrected chi connectivity index (χ4v) is 4.89. The second kappa shape index (κ2) is 7.01. The molecule has 2 atom stereocenters. The number of rotatable bonds is 4. The molecule has 1 aromatic carbocycles. The largest absolute Gasteiger partial charge is 0.325 e. The number of benzene rings is 1. The van der Waals surface area contributed by atoms with Crippen molar-refractivity contribution in [3.05, 3.63) is 46.5 Å². The molecule has 2 N–H and O–H groups in total. The zero-order valence-electron chi connectivity index (χ0n) is 15.8. The monoisotopic (exact) mass is 398 g/mol. The molecule has 1 aliphatic carbocycles. The van der Waals surface area contributed by atoms with Gasteiger partial charge in [0, 0.05) is 4.88 Å². The minimum Gasteiger partial charge on any atom is -0.319 e. The van der Waals surface area contributed by atoms with E-state index in [2.05, 4.69) is 22.5 Å². The molecule has 1 saturated heterocycles. The van der Waals surface area contributed by atoms with Crippen LogP contribution in [0, 0.1) is 5.92 Å². The highest BCUT2D eigenvalue weighted by Gasteiger charge is 2.49. The van der Waals surface area contributed by atoms with Crippen LogP contribution in [-0.2, 0) is 28.0 Å². The van der Waals surface area contributed by atoms with Gasteiger partial charge in [-0.25, -0.2) is 9.78 Å². The van der Waals surface area contributed by atoms with Gasteiger partial charge in [0.25, 0.3) is 5.91 Å². The van der Waals surface area contributed by atoms with Crippen LogP contribution in [-0.4, -0.2) is 34.3 Å². The maximum Gasteiger partial charge on any atom is 0.325 e. The molecule has 1 aliphatic heterocycles. The molecule has 8 heteroatoms. The van der Waals surface area contributed by atoms with E-state index in [1.165, 1.54) is 16.2 Å². The van der Waals surface area contributed by atoms with Gasteiger partial charge in [-0.1, -0.05) is 37.3 Å². The number of anilines is 1. The van der Waals surface area contributed by atoms with Crippen molar-refractivity contribution in [1.29, 1.82) is 0 Å². The van der Waals surface area contributed by atoms with Crippen LogP contribution in [0.15, 0.2) is 30.3 Å². The van der Waals surface area contributed by atoms with E-state index < -0.39 is 23.4 Å². The van der Waals surface area contributed by atoms with Crippen LogP contribution < -0.4 is 10.6 Å². The fraction of sp³-hybridized carbons (Fsp3) is 0.400. The summed E-state index contributed by atoms with van der Waals surface area (Å²) in [7, 11) is 0. The summed E-state index contributed by atoms with van der Waals surface area (Å²) in [4.78, 5) is 44.4. The van der Waals surface area contributed by atoms with Crippen LogP contribution in [0.5, 0.6) is 0 Å². The Morgan fingerprint density at radius 2 is 2.11 bits per heavy atom. The molecule has 0 bridgehead atoms. The summed E-state index contributed by atoms with van der Waals surface area (Å²) in [5.74, 6) is -0.246. The smallest absolute Gasteiger partial charge is 0.319 e. The second-order valence-electron chi connectivity index (χ2n) is 7.60. The van der Waals surface area contributed by atoms with E-state index in [9.17, 15) is 14.4 Å². The standard InChI is InChI=1S/C20H22N4O3S/c1-12-8-9-14-15(10-12)28-18(21-14)22-16(25)11-24-17(26)20(2,23-19(24)27)13-6-4-3-5-7-13/h3-7,12H,8-11H2,1-2H3,(H,23,27)(H,21,22,25)/t12-,20-/m0/s1. The summed E-state index contributed by atoms with van der Waals surface area (Å²) >= 11 is 1.48. The predicted octanol–water partition coefficient (Wildman–Crippen LogP) is 2.67. The predicted molar refractivity (Wildman–Crippen MR) is 106 cm³/mol. The third kappa shape index (κ3) is 3.28. The Morgan fingerprint density at radius 3 is 2.86 bits per heavy atom. The van der Waals surface area contributed by atoms with Crippen molar-refractivity contribution in [3.8, 4) is 0 Å². The van der Waals surface area contributed by atoms with E-state index in [0.717, 1.165) is 29.9 Å². The van der Waals surface area contributed by atoms with Gasteiger partial charge in [-0.3, -0.25) is 14.5 Å². The number of imide groups is 1. The summed E-state index contributed by atoms with van der Waals surface area (Å²) in [6, 6.07) is 8.44. The first-order valence-corrected chi connectivity index (χ1v) is 10.2. The van der Waals surface area contributed by atoms with Crippen LogP contribution in [0.25, 0.3) is 0 Å². The number of hydrogen-bond donors (Lipinski definition) is 2. The fourth-order valence-electron chi connectivity index (χ4n) is 3.70. The number of nitrogens with one attached hydrogen (secondary N) is 2. The van der Waals surface area contributed by atoms with Crippen molar-refractivity contribution in [2.45, 2.75) is 38.6 Å². The minimum absolute atomic E-state index is 0.340. The van der Waals surface area contributed by atoms with Gasteiger partial charge >= 0.3 is 6.03 Å². The number of hydrogen-bond acceptors (Lipinski definition) is 5. The summed E-state index contributed by atoms with van der Waals surface area (Å²) in [5.41, 5.74) is 0.553. The number of urea groups is 1. The third-order valence-corrected chi connectivity index (χ3v) is 6.40. The van der Waals surface area contributed by atoms with Gasteiger partial charge in [0.1, 0.15) is 12.1 Å². The number of aromatic nitrogens is 1. The van der Waals surface area contributed by atoms with Gasteiger partial charge in [0.05, 0.1) is 5.69 Å². The highest BCUT2D eigenvalue weighted by molar-refractivity contribution is 7.15. The lowest BCUT2D eigenvalue weighted by atomic mass is 9.92. The van der Waals surface area contributed by atoms with Crippen LogP contribution in [0.4, 0.5) is 9.93 Å². The van der Waals surface area contributed by atoms with Crippen molar-refractivity contribution < 1.29 is 14.4 Å². The number of carbonyl (C=O) groups is 3. The van der Waals surface area contributed by atoms with Crippen molar-refractivity contribution in [2.24, 2.45) is 5.92 Å². The first-order valence-electron chi connectivity index (χ1n) is 9.35. The summed E-state index contributed by atoms with van der Waals surface area (Å²) in [5, 5.41) is 5.98. The lowest BCUT2D eigenvalue weighted by Gasteiger charge is -2.21. The lowest BCUT2D eigenvalue weighted by Crippen LogP contribution is -2.42. The highest BCUT2D eigenvalue weighted by Crippen LogP contribution is 2.32. The van der Waals surface area contributed by atoms with Crippen LogP contribution in [0.2, 0.25) is 0 Å². The molecule has 1 aromatic heterocycles. The molecule has 0 spiro atoms. The SMILES string of the molecule is C[C@H]1CCc2nc(NC(=O)CN3C(=O)N[C@@](C)(c4ccccc4)C3=O)sc2C1. The van der Waals surface area contributed by atoms with Gasteiger partial charge in [0.15, 0.2) is 5.13 Å². The van der Waals surface area contributed by atoms with E-state index in [1.807, 2.05) is 6.07 Å². The van der Waals surface area contributed by atoms with Gasteiger partial charge in [-0.05, 0) is 37.7 Å². The van der Waals surface area contributed by atoms with Crippen molar-refractivity contribution >= 4 is 34.3 Å². The normalized spacial score (nSPS) is 24.1. The minimum atomic E-state index is -1.17. The highest BCUT2D eigenvalue weighted by atomic mass is 32.1. The lowest BCUT2D eigenvalue weighted by molar-refractivity contribution is -0.133.